The average Bonchev–Trinajstić information content (AvgIpc) is 3.38. The molecule has 1 unspecified atom stereocenters. The Hall–Kier alpha value is -4.04. The van der Waals surface area contributed by atoms with E-state index >= 15 is 0 Å². The van der Waals surface area contributed by atoms with E-state index in [9.17, 15) is 9.59 Å². The van der Waals surface area contributed by atoms with Gasteiger partial charge in [0.05, 0.1) is 5.39 Å². The standard InChI is InChI=1S/C28H30N7O3P/c1-19(37)33-12-14-35(15-13-33)27-25-24(20-2-5-22(39)6-3-20)26(38-28(25)31-17-30-27)21-4-7-23(29-16-21)34-10-8-32(18-36)9-11-34/h2-7,16-18H,8-15,39H2,1H3. The number of anilines is 2. The molecule has 2 aliphatic heterocycles. The Labute approximate surface area is 228 Å². The van der Waals surface area contributed by atoms with Crippen LogP contribution in [0.5, 0.6) is 0 Å². The minimum Gasteiger partial charge on any atom is -0.437 e. The van der Waals surface area contributed by atoms with Crippen LogP contribution in [0.15, 0.2) is 53.3 Å². The minimum atomic E-state index is 0.0906. The van der Waals surface area contributed by atoms with E-state index in [4.69, 9.17) is 14.4 Å². The van der Waals surface area contributed by atoms with E-state index in [0.29, 0.717) is 50.7 Å². The van der Waals surface area contributed by atoms with Gasteiger partial charge in [-0.3, -0.25) is 9.59 Å². The van der Waals surface area contributed by atoms with Gasteiger partial charge < -0.3 is 24.0 Å². The fourth-order valence-corrected chi connectivity index (χ4v) is 5.48. The lowest BCUT2D eigenvalue weighted by Gasteiger charge is -2.35. The minimum absolute atomic E-state index is 0.0906. The van der Waals surface area contributed by atoms with Gasteiger partial charge in [-0.15, -0.1) is 9.24 Å². The summed E-state index contributed by atoms with van der Waals surface area (Å²) >= 11 is 0. The first-order chi connectivity index (χ1) is 19.0. The van der Waals surface area contributed by atoms with Gasteiger partial charge in [0.2, 0.25) is 18.0 Å². The molecule has 0 N–H and O–H groups in total. The summed E-state index contributed by atoms with van der Waals surface area (Å²) in [5, 5.41) is 1.94. The highest BCUT2D eigenvalue weighted by Gasteiger charge is 2.27. The Morgan fingerprint density at radius 2 is 1.56 bits per heavy atom. The predicted molar refractivity (Wildman–Crippen MR) is 154 cm³/mol. The number of benzene rings is 1. The molecule has 2 fully saturated rings. The van der Waals surface area contributed by atoms with Gasteiger partial charge in [0.25, 0.3) is 0 Å². The van der Waals surface area contributed by atoms with Crippen molar-refractivity contribution in [1.29, 1.82) is 0 Å². The number of furan rings is 1. The first-order valence-electron chi connectivity index (χ1n) is 13.1. The van der Waals surface area contributed by atoms with Gasteiger partial charge in [-0.25, -0.2) is 15.0 Å². The van der Waals surface area contributed by atoms with Crippen LogP contribution >= 0.6 is 9.24 Å². The molecular formula is C28H30N7O3P. The molecule has 0 spiro atoms. The molecule has 39 heavy (non-hydrogen) atoms. The molecule has 10 nitrogen and oxygen atoms in total. The summed E-state index contributed by atoms with van der Waals surface area (Å²) in [6.45, 7) is 7.15. The molecule has 200 valence electrons. The maximum absolute atomic E-state index is 11.9. The van der Waals surface area contributed by atoms with E-state index in [2.05, 4.69) is 48.3 Å². The van der Waals surface area contributed by atoms with Gasteiger partial charge in [-0.2, -0.15) is 0 Å². The number of nitrogens with zero attached hydrogens (tertiary/aromatic N) is 7. The normalized spacial score (nSPS) is 16.2. The van der Waals surface area contributed by atoms with Crippen LogP contribution in [0.3, 0.4) is 0 Å². The third kappa shape index (κ3) is 4.92. The van der Waals surface area contributed by atoms with Crippen LogP contribution in [-0.2, 0) is 9.59 Å². The molecule has 4 aromatic rings. The van der Waals surface area contributed by atoms with Crippen LogP contribution in [0.2, 0.25) is 0 Å². The van der Waals surface area contributed by atoms with Crippen LogP contribution in [0.1, 0.15) is 6.92 Å². The average molecular weight is 544 g/mol. The van der Waals surface area contributed by atoms with Gasteiger partial charge in [0.1, 0.15) is 23.7 Å². The first-order valence-corrected chi connectivity index (χ1v) is 13.6. The van der Waals surface area contributed by atoms with E-state index in [1.165, 1.54) is 6.33 Å². The first kappa shape index (κ1) is 25.2. The van der Waals surface area contributed by atoms with Crippen LogP contribution in [0.25, 0.3) is 33.6 Å². The lowest BCUT2D eigenvalue weighted by Crippen LogP contribution is -2.48. The topological polar surface area (TPSA) is 98.9 Å². The van der Waals surface area contributed by atoms with E-state index in [-0.39, 0.29) is 5.91 Å². The second kappa shape index (κ2) is 10.6. The van der Waals surface area contributed by atoms with Gasteiger partial charge in [0.15, 0.2) is 0 Å². The van der Waals surface area contributed by atoms with E-state index in [0.717, 1.165) is 58.5 Å². The van der Waals surface area contributed by atoms with E-state index < -0.39 is 0 Å². The molecule has 2 amide bonds. The van der Waals surface area contributed by atoms with Crippen molar-refractivity contribution >= 4 is 49.6 Å². The van der Waals surface area contributed by atoms with Crippen molar-refractivity contribution in [3.05, 3.63) is 48.9 Å². The van der Waals surface area contributed by atoms with Crippen molar-refractivity contribution in [2.75, 3.05) is 62.2 Å². The molecule has 0 aliphatic carbocycles. The summed E-state index contributed by atoms with van der Waals surface area (Å²) in [5.74, 6) is 2.46. The van der Waals surface area contributed by atoms with Crippen molar-refractivity contribution < 1.29 is 14.0 Å². The molecule has 6 rings (SSSR count). The quantitative estimate of drug-likeness (QED) is 0.280. The second-order valence-electron chi connectivity index (χ2n) is 9.83. The van der Waals surface area contributed by atoms with Crippen molar-refractivity contribution in [1.82, 2.24) is 24.8 Å². The number of hydrogen-bond donors (Lipinski definition) is 0. The summed E-state index contributed by atoms with van der Waals surface area (Å²) < 4.78 is 6.43. The van der Waals surface area contributed by atoms with Crippen LogP contribution in [-0.4, -0.2) is 89.4 Å². The molecule has 3 aromatic heterocycles. The van der Waals surface area contributed by atoms with Gasteiger partial charge in [0, 0.05) is 76.6 Å². The molecule has 0 bridgehead atoms. The van der Waals surface area contributed by atoms with Crippen LogP contribution < -0.4 is 15.1 Å². The number of carbonyl (C=O) groups excluding carboxylic acids is 2. The zero-order valence-electron chi connectivity index (χ0n) is 21.8. The van der Waals surface area contributed by atoms with Crippen LogP contribution in [0, 0.1) is 0 Å². The molecule has 0 radical (unpaired) electrons. The lowest BCUT2D eigenvalue weighted by atomic mass is 9.99. The van der Waals surface area contributed by atoms with Crippen molar-refractivity contribution in [2.24, 2.45) is 0 Å². The Balaban J connectivity index is 1.41. The smallest absolute Gasteiger partial charge is 0.232 e. The molecular weight excluding hydrogens is 513 g/mol. The van der Waals surface area contributed by atoms with Crippen molar-refractivity contribution in [3.8, 4) is 22.5 Å². The Morgan fingerprint density at radius 3 is 2.21 bits per heavy atom. The zero-order valence-corrected chi connectivity index (χ0v) is 22.9. The maximum Gasteiger partial charge on any atom is 0.232 e. The van der Waals surface area contributed by atoms with Gasteiger partial charge >= 0.3 is 0 Å². The lowest BCUT2D eigenvalue weighted by molar-refractivity contribution is -0.129. The van der Waals surface area contributed by atoms with Gasteiger partial charge in [-0.05, 0) is 23.0 Å². The molecule has 5 heterocycles. The number of piperazine rings is 2. The third-order valence-electron chi connectivity index (χ3n) is 7.49. The highest BCUT2D eigenvalue weighted by atomic mass is 31.0. The SMILES string of the molecule is CC(=O)N1CCN(c2ncnc3oc(-c4ccc(N5CCN(C=O)CC5)nc4)c(-c4ccc(P)cc4)c23)CC1. The summed E-state index contributed by atoms with van der Waals surface area (Å²) in [5.41, 5.74) is 3.29. The van der Waals surface area contributed by atoms with Crippen LogP contribution in [0.4, 0.5) is 11.6 Å². The fourth-order valence-electron chi connectivity index (χ4n) is 5.28. The molecule has 0 saturated carbocycles. The van der Waals surface area contributed by atoms with Crippen molar-refractivity contribution in [2.45, 2.75) is 6.92 Å². The summed E-state index contributed by atoms with van der Waals surface area (Å²) in [6.07, 6.45) is 4.28. The fraction of sp³-hybridized carbons (Fsp3) is 0.321. The third-order valence-corrected chi connectivity index (χ3v) is 7.87. The van der Waals surface area contributed by atoms with E-state index in [1.807, 2.05) is 23.2 Å². The van der Waals surface area contributed by atoms with Gasteiger partial charge in [-0.1, -0.05) is 24.3 Å². The van der Waals surface area contributed by atoms with Crippen molar-refractivity contribution in [3.63, 3.8) is 0 Å². The monoisotopic (exact) mass is 543 g/mol. The number of hydrogen-bond acceptors (Lipinski definition) is 8. The number of amides is 2. The highest BCUT2D eigenvalue weighted by molar-refractivity contribution is 7.27. The van der Waals surface area contributed by atoms with E-state index in [1.54, 1.807) is 11.8 Å². The Bertz CT molecular complexity index is 1490. The summed E-state index contributed by atoms with van der Waals surface area (Å²) in [4.78, 5) is 44.9. The molecule has 1 atom stereocenters. The largest absolute Gasteiger partial charge is 0.437 e. The molecule has 2 saturated heterocycles. The maximum atomic E-state index is 11.9. The molecule has 11 heteroatoms. The summed E-state index contributed by atoms with van der Waals surface area (Å²) in [6, 6.07) is 12.3. The number of carbonyl (C=O) groups is 2. The highest BCUT2D eigenvalue weighted by Crippen LogP contribution is 2.43. The zero-order chi connectivity index (χ0) is 26.9. The number of pyridine rings is 1. The predicted octanol–water partition coefficient (Wildman–Crippen LogP) is 2.40. The molecule has 2 aliphatic rings. The molecule has 1 aromatic carbocycles. The Morgan fingerprint density at radius 1 is 0.872 bits per heavy atom. The number of aromatic nitrogens is 3. The number of rotatable bonds is 5. The summed E-state index contributed by atoms with van der Waals surface area (Å²) in [7, 11) is 2.72. The number of fused-ring (bicyclic) bond motifs is 1. The second-order valence-corrected chi connectivity index (χ2v) is 10.5. The Kier molecular flexibility index (Phi) is 6.87.